The number of carbonyl (C=O) groups excluding carboxylic acids is 1. The summed E-state index contributed by atoms with van der Waals surface area (Å²) in [5.74, 6) is -0.155. The van der Waals surface area contributed by atoms with E-state index in [1.807, 2.05) is 11.4 Å². The van der Waals surface area contributed by atoms with Crippen molar-refractivity contribution >= 4 is 38.6 Å². The Morgan fingerprint density at radius 2 is 1.88 bits per heavy atom. The number of rotatable bonds is 6. The molecule has 1 aromatic carbocycles. The SMILES string of the molecule is O=C(CNc1ccc(S(=O)(=O)N2CCCCCC2)cc1[N+](=O)[O-])N1CCc2sccc2C1. The van der Waals surface area contributed by atoms with Crippen molar-refractivity contribution in [2.75, 3.05) is 31.5 Å². The zero-order chi connectivity index (χ0) is 22.7. The van der Waals surface area contributed by atoms with E-state index in [1.165, 1.54) is 21.3 Å². The van der Waals surface area contributed by atoms with Gasteiger partial charge < -0.3 is 10.2 Å². The fraction of sp³-hybridized carbons (Fsp3) is 0.476. The minimum Gasteiger partial charge on any atom is -0.371 e. The topological polar surface area (TPSA) is 113 Å². The molecule has 172 valence electrons. The van der Waals surface area contributed by atoms with Gasteiger partial charge in [-0.1, -0.05) is 12.8 Å². The van der Waals surface area contributed by atoms with Crippen LogP contribution >= 0.6 is 11.3 Å². The van der Waals surface area contributed by atoms with Crippen LogP contribution in [0.4, 0.5) is 11.4 Å². The lowest BCUT2D eigenvalue weighted by Gasteiger charge is -2.27. The maximum Gasteiger partial charge on any atom is 0.293 e. The van der Waals surface area contributed by atoms with Crippen molar-refractivity contribution < 1.29 is 18.1 Å². The van der Waals surface area contributed by atoms with Gasteiger partial charge in [0.15, 0.2) is 0 Å². The Bertz CT molecular complexity index is 1110. The average Bonchev–Trinajstić information content (AvgIpc) is 3.07. The first-order valence-corrected chi connectivity index (χ1v) is 13.0. The zero-order valence-corrected chi connectivity index (χ0v) is 19.3. The molecular weight excluding hydrogens is 452 g/mol. The van der Waals surface area contributed by atoms with Gasteiger partial charge in [-0.25, -0.2) is 8.42 Å². The van der Waals surface area contributed by atoms with Crippen molar-refractivity contribution in [2.45, 2.75) is 43.5 Å². The second-order valence-electron chi connectivity index (χ2n) is 8.04. The molecule has 2 aromatic rings. The molecule has 1 saturated heterocycles. The van der Waals surface area contributed by atoms with Crippen LogP contribution in [0.15, 0.2) is 34.5 Å². The highest BCUT2D eigenvalue weighted by molar-refractivity contribution is 7.89. The number of thiophene rings is 1. The highest BCUT2D eigenvalue weighted by atomic mass is 32.2. The van der Waals surface area contributed by atoms with Crippen molar-refractivity contribution in [1.29, 1.82) is 0 Å². The summed E-state index contributed by atoms with van der Waals surface area (Å²) in [6, 6.07) is 5.86. The Kier molecular flexibility index (Phi) is 6.77. The summed E-state index contributed by atoms with van der Waals surface area (Å²) < 4.78 is 27.4. The molecule has 0 aliphatic carbocycles. The van der Waals surface area contributed by atoms with Gasteiger partial charge in [0.2, 0.25) is 15.9 Å². The molecule has 2 aliphatic rings. The Morgan fingerprint density at radius 1 is 1.12 bits per heavy atom. The van der Waals surface area contributed by atoms with Crippen molar-refractivity contribution in [2.24, 2.45) is 0 Å². The number of benzene rings is 1. The molecule has 0 unspecified atom stereocenters. The summed E-state index contributed by atoms with van der Waals surface area (Å²) in [7, 11) is -3.80. The number of nitro benzene ring substituents is 1. The maximum atomic E-state index is 13.0. The highest BCUT2D eigenvalue weighted by Crippen LogP contribution is 2.30. The number of carbonyl (C=O) groups is 1. The molecule has 0 spiro atoms. The van der Waals surface area contributed by atoms with E-state index >= 15 is 0 Å². The first kappa shape index (κ1) is 22.7. The normalized spacial score (nSPS) is 17.4. The zero-order valence-electron chi connectivity index (χ0n) is 17.7. The molecule has 1 amide bonds. The van der Waals surface area contributed by atoms with Gasteiger partial charge in [0, 0.05) is 37.1 Å². The number of nitro groups is 1. The van der Waals surface area contributed by atoms with E-state index < -0.39 is 14.9 Å². The number of sulfonamides is 1. The molecule has 0 radical (unpaired) electrons. The minimum absolute atomic E-state index is 0.0935. The smallest absolute Gasteiger partial charge is 0.293 e. The fourth-order valence-electron chi connectivity index (χ4n) is 4.15. The Hall–Kier alpha value is -2.50. The molecule has 0 saturated carbocycles. The monoisotopic (exact) mass is 478 g/mol. The lowest BCUT2D eigenvalue weighted by molar-refractivity contribution is -0.384. The summed E-state index contributed by atoms with van der Waals surface area (Å²) in [6.07, 6.45) is 4.34. The van der Waals surface area contributed by atoms with Gasteiger partial charge in [-0.05, 0) is 48.4 Å². The van der Waals surface area contributed by atoms with E-state index in [0.29, 0.717) is 26.2 Å². The molecule has 0 bridgehead atoms. The molecule has 4 rings (SSSR count). The quantitative estimate of drug-likeness (QED) is 0.504. The van der Waals surface area contributed by atoms with Crippen LogP contribution in [-0.4, -0.2) is 54.6 Å². The molecular formula is C21H26N4O5S2. The van der Waals surface area contributed by atoms with Crippen LogP contribution in [0.1, 0.15) is 36.1 Å². The molecule has 3 heterocycles. The first-order valence-electron chi connectivity index (χ1n) is 10.7. The molecule has 32 heavy (non-hydrogen) atoms. The number of hydrogen-bond donors (Lipinski definition) is 1. The standard InChI is InChI=1S/C21H26N4O5S2/c26-21(23-11-7-20-16(15-23)8-12-31-20)14-22-18-6-5-17(13-19(18)25(27)28)32(29,30)24-9-3-1-2-4-10-24/h5-6,8,12-13,22H,1-4,7,9-11,14-15H2. The Balaban J connectivity index is 1.47. The highest BCUT2D eigenvalue weighted by Gasteiger charge is 2.28. The maximum absolute atomic E-state index is 13.0. The second-order valence-corrected chi connectivity index (χ2v) is 11.0. The predicted octanol–water partition coefficient (Wildman–Crippen LogP) is 3.22. The molecule has 1 fully saturated rings. The third kappa shape index (κ3) is 4.79. The summed E-state index contributed by atoms with van der Waals surface area (Å²) >= 11 is 1.69. The molecule has 0 atom stereocenters. The van der Waals surface area contributed by atoms with Gasteiger partial charge in [0.1, 0.15) is 5.69 Å². The number of hydrogen-bond acceptors (Lipinski definition) is 7. The van der Waals surface area contributed by atoms with E-state index in [-0.39, 0.29) is 28.7 Å². The molecule has 9 nitrogen and oxygen atoms in total. The van der Waals surface area contributed by atoms with Crippen molar-refractivity contribution in [3.63, 3.8) is 0 Å². The van der Waals surface area contributed by atoms with Crippen LogP contribution in [0.2, 0.25) is 0 Å². The van der Waals surface area contributed by atoms with E-state index in [9.17, 15) is 23.3 Å². The lowest BCUT2D eigenvalue weighted by Crippen LogP contribution is -2.38. The van der Waals surface area contributed by atoms with Crippen molar-refractivity contribution in [1.82, 2.24) is 9.21 Å². The van der Waals surface area contributed by atoms with Crippen LogP contribution in [0.3, 0.4) is 0 Å². The summed E-state index contributed by atoms with van der Waals surface area (Å²) in [6.45, 7) is 1.90. The molecule has 2 aliphatic heterocycles. The van der Waals surface area contributed by atoms with Gasteiger partial charge in [-0.2, -0.15) is 4.31 Å². The number of fused-ring (bicyclic) bond motifs is 1. The fourth-order valence-corrected chi connectivity index (χ4v) is 6.57. The van der Waals surface area contributed by atoms with Crippen LogP contribution in [-0.2, 0) is 27.8 Å². The largest absolute Gasteiger partial charge is 0.371 e. The van der Waals surface area contributed by atoms with Crippen LogP contribution in [0.5, 0.6) is 0 Å². The lowest BCUT2D eigenvalue weighted by atomic mass is 10.1. The van der Waals surface area contributed by atoms with Gasteiger partial charge in [-0.3, -0.25) is 14.9 Å². The Morgan fingerprint density at radius 3 is 2.59 bits per heavy atom. The summed E-state index contributed by atoms with van der Waals surface area (Å²) in [5.41, 5.74) is 0.919. The molecule has 1 N–H and O–H groups in total. The van der Waals surface area contributed by atoms with E-state index in [2.05, 4.69) is 5.32 Å². The van der Waals surface area contributed by atoms with Gasteiger partial charge in [0.05, 0.1) is 16.4 Å². The number of nitrogens with one attached hydrogen (secondary N) is 1. The Labute approximate surface area is 191 Å². The van der Waals surface area contributed by atoms with E-state index in [4.69, 9.17) is 0 Å². The summed E-state index contributed by atoms with van der Waals surface area (Å²) in [5, 5.41) is 16.5. The van der Waals surface area contributed by atoms with Crippen LogP contribution in [0, 0.1) is 10.1 Å². The van der Waals surface area contributed by atoms with Crippen molar-refractivity contribution in [3.8, 4) is 0 Å². The second kappa shape index (κ2) is 9.55. The third-order valence-electron chi connectivity index (χ3n) is 5.96. The van der Waals surface area contributed by atoms with Gasteiger partial charge >= 0.3 is 0 Å². The van der Waals surface area contributed by atoms with Crippen molar-refractivity contribution in [3.05, 3.63) is 50.2 Å². The van der Waals surface area contributed by atoms with Crippen LogP contribution in [0.25, 0.3) is 0 Å². The number of nitrogens with zero attached hydrogens (tertiary/aromatic N) is 3. The minimum atomic E-state index is -3.80. The van der Waals surface area contributed by atoms with Gasteiger partial charge in [-0.15, -0.1) is 11.3 Å². The molecule has 1 aromatic heterocycles. The average molecular weight is 479 g/mol. The number of amides is 1. The molecule has 11 heteroatoms. The summed E-state index contributed by atoms with van der Waals surface area (Å²) in [4.78, 5) is 26.6. The first-order chi connectivity index (χ1) is 15.4. The van der Waals surface area contributed by atoms with Gasteiger partial charge in [0.25, 0.3) is 5.69 Å². The number of anilines is 1. The predicted molar refractivity (Wildman–Crippen MR) is 122 cm³/mol. The van der Waals surface area contributed by atoms with E-state index in [1.54, 1.807) is 16.2 Å². The van der Waals surface area contributed by atoms with E-state index in [0.717, 1.165) is 43.7 Å². The third-order valence-corrected chi connectivity index (χ3v) is 8.88. The van der Waals surface area contributed by atoms with Crippen LogP contribution < -0.4 is 5.32 Å².